The lowest BCUT2D eigenvalue weighted by molar-refractivity contribution is -0.117. The van der Waals surface area contributed by atoms with Crippen LogP contribution in [0.1, 0.15) is 44.9 Å². The summed E-state index contributed by atoms with van der Waals surface area (Å²) in [6.07, 6.45) is 6.68. The number of nitrogens with one attached hydrogen (secondary N) is 3. The molecule has 27 heavy (non-hydrogen) atoms. The van der Waals surface area contributed by atoms with Crippen LogP contribution in [0.3, 0.4) is 0 Å². The monoisotopic (exact) mass is 393 g/mol. The minimum Gasteiger partial charge on any atom is -0.495 e. The molecule has 2 heterocycles. The maximum absolute atomic E-state index is 12.6. The molecule has 4 rings (SSSR count). The molecule has 3 fully saturated rings. The van der Waals surface area contributed by atoms with Gasteiger partial charge in [-0.25, -0.2) is 13.1 Å². The van der Waals surface area contributed by atoms with Gasteiger partial charge < -0.3 is 15.4 Å². The summed E-state index contributed by atoms with van der Waals surface area (Å²) in [6, 6.07) is 5.85. The van der Waals surface area contributed by atoms with E-state index in [4.69, 9.17) is 4.74 Å². The van der Waals surface area contributed by atoms with Gasteiger partial charge in [-0.3, -0.25) is 4.79 Å². The van der Waals surface area contributed by atoms with E-state index in [0.717, 1.165) is 25.7 Å². The number of rotatable bonds is 7. The van der Waals surface area contributed by atoms with Gasteiger partial charge in [0.1, 0.15) is 10.6 Å². The molecule has 8 heteroatoms. The van der Waals surface area contributed by atoms with Crippen molar-refractivity contribution in [2.24, 2.45) is 5.92 Å². The second-order valence-corrected chi connectivity index (χ2v) is 9.67. The minimum absolute atomic E-state index is 0.00762. The molecular formula is C19H27N3O4S. The first-order chi connectivity index (χ1) is 12.9. The number of benzene rings is 1. The Bertz CT molecular complexity index is 810. The molecule has 1 saturated carbocycles. The van der Waals surface area contributed by atoms with E-state index in [1.165, 1.54) is 26.0 Å². The molecule has 2 saturated heterocycles. The van der Waals surface area contributed by atoms with Gasteiger partial charge in [0.15, 0.2) is 0 Å². The topological polar surface area (TPSA) is 96.5 Å². The largest absolute Gasteiger partial charge is 0.495 e. The third-order valence-electron chi connectivity index (χ3n) is 5.68. The highest BCUT2D eigenvalue weighted by Crippen LogP contribution is 2.33. The van der Waals surface area contributed by atoms with Crippen molar-refractivity contribution in [3.8, 4) is 5.75 Å². The molecule has 0 radical (unpaired) electrons. The lowest BCUT2D eigenvalue weighted by atomic mass is 9.89. The van der Waals surface area contributed by atoms with Crippen molar-refractivity contribution in [3.05, 3.63) is 18.2 Å². The minimum atomic E-state index is -3.67. The van der Waals surface area contributed by atoms with Crippen LogP contribution in [0, 0.1) is 5.92 Å². The Morgan fingerprint density at radius 1 is 1.19 bits per heavy atom. The summed E-state index contributed by atoms with van der Waals surface area (Å²) in [5, 5.41) is 6.45. The molecule has 3 N–H and O–H groups in total. The van der Waals surface area contributed by atoms with Crippen molar-refractivity contribution in [1.82, 2.24) is 10.0 Å². The summed E-state index contributed by atoms with van der Waals surface area (Å²) >= 11 is 0. The van der Waals surface area contributed by atoms with Crippen LogP contribution in [-0.2, 0) is 14.8 Å². The number of carbonyl (C=O) groups excluding carboxylic acids is 1. The van der Waals surface area contributed by atoms with Gasteiger partial charge in [0.05, 0.1) is 7.11 Å². The molecule has 2 unspecified atom stereocenters. The van der Waals surface area contributed by atoms with Gasteiger partial charge in [-0.15, -0.1) is 0 Å². The molecule has 0 spiro atoms. The average molecular weight is 394 g/mol. The summed E-state index contributed by atoms with van der Waals surface area (Å²) < 4.78 is 33.0. The number of methoxy groups -OCH3 is 1. The molecule has 2 bridgehead atoms. The standard InChI is InChI=1S/C19H27N3O4S/c1-26-17-7-6-16(11-18(17)27(24,25)22-13-2-3-13)21-19(23)10-12-8-14-4-5-15(9-12)20-14/h6-7,11-15,20,22H,2-5,8-10H2,1H3,(H,21,23). The smallest absolute Gasteiger partial charge is 0.244 e. The fraction of sp³-hybridized carbons (Fsp3) is 0.632. The van der Waals surface area contributed by atoms with E-state index in [1.807, 2.05) is 0 Å². The van der Waals surface area contributed by atoms with Gasteiger partial charge in [-0.2, -0.15) is 0 Å². The van der Waals surface area contributed by atoms with Crippen LogP contribution >= 0.6 is 0 Å². The quantitative estimate of drug-likeness (QED) is 0.658. The van der Waals surface area contributed by atoms with E-state index in [-0.39, 0.29) is 22.6 Å². The molecule has 1 amide bonds. The Balaban J connectivity index is 1.43. The number of anilines is 1. The second kappa shape index (κ2) is 7.41. The van der Waals surface area contributed by atoms with Crippen LogP contribution in [0.25, 0.3) is 0 Å². The fourth-order valence-corrected chi connectivity index (χ4v) is 5.76. The second-order valence-electron chi connectivity index (χ2n) is 7.99. The third-order valence-corrected chi connectivity index (χ3v) is 7.22. The van der Waals surface area contributed by atoms with E-state index in [2.05, 4.69) is 15.4 Å². The Labute approximate surface area is 160 Å². The SMILES string of the molecule is COc1ccc(NC(=O)CC2CC3CCC(C2)N3)cc1S(=O)(=O)NC1CC1. The van der Waals surface area contributed by atoms with Crippen LogP contribution in [0.2, 0.25) is 0 Å². The Morgan fingerprint density at radius 3 is 2.52 bits per heavy atom. The maximum Gasteiger partial charge on any atom is 0.244 e. The van der Waals surface area contributed by atoms with Gasteiger partial charge in [0.25, 0.3) is 0 Å². The van der Waals surface area contributed by atoms with Crippen LogP contribution in [0.4, 0.5) is 5.69 Å². The fourth-order valence-electron chi connectivity index (χ4n) is 4.26. The average Bonchev–Trinajstić information content (AvgIpc) is 3.36. The summed E-state index contributed by atoms with van der Waals surface area (Å²) in [7, 11) is -2.23. The van der Waals surface area contributed by atoms with E-state index in [0.29, 0.717) is 30.1 Å². The number of carbonyl (C=O) groups is 1. The first-order valence-corrected chi connectivity index (χ1v) is 11.2. The zero-order valence-electron chi connectivity index (χ0n) is 15.5. The van der Waals surface area contributed by atoms with Crippen molar-refractivity contribution >= 4 is 21.6 Å². The van der Waals surface area contributed by atoms with Gasteiger partial charge in [0, 0.05) is 30.2 Å². The number of ether oxygens (including phenoxy) is 1. The zero-order valence-corrected chi connectivity index (χ0v) is 16.3. The molecule has 2 atom stereocenters. The molecule has 148 valence electrons. The van der Waals surface area contributed by atoms with E-state index >= 15 is 0 Å². The Hall–Kier alpha value is -1.64. The summed E-state index contributed by atoms with van der Waals surface area (Å²) in [6.45, 7) is 0. The lowest BCUT2D eigenvalue weighted by Crippen LogP contribution is -2.39. The molecular weight excluding hydrogens is 366 g/mol. The predicted molar refractivity (Wildman–Crippen MR) is 102 cm³/mol. The van der Waals surface area contributed by atoms with Gasteiger partial charge in [-0.05, 0) is 62.6 Å². The zero-order chi connectivity index (χ0) is 19.0. The number of hydrogen-bond acceptors (Lipinski definition) is 5. The van der Waals surface area contributed by atoms with Gasteiger partial charge in [-0.1, -0.05) is 0 Å². The van der Waals surface area contributed by atoms with Crippen molar-refractivity contribution in [1.29, 1.82) is 0 Å². The molecule has 3 aliphatic rings. The van der Waals surface area contributed by atoms with E-state index in [9.17, 15) is 13.2 Å². The normalized spacial score (nSPS) is 27.4. The summed E-state index contributed by atoms with van der Waals surface area (Å²) in [4.78, 5) is 12.6. The van der Waals surface area contributed by atoms with Gasteiger partial charge >= 0.3 is 0 Å². The van der Waals surface area contributed by atoms with Crippen molar-refractivity contribution in [2.45, 2.75) is 68.0 Å². The highest BCUT2D eigenvalue weighted by atomic mass is 32.2. The number of fused-ring (bicyclic) bond motifs is 2. The van der Waals surface area contributed by atoms with Crippen LogP contribution in [-0.4, -0.2) is 39.6 Å². The van der Waals surface area contributed by atoms with E-state index in [1.54, 1.807) is 12.1 Å². The van der Waals surface area contributed by atoms with Crippen LogP contribution in [0.5, 0.6) is 5.75 Å². The predicted octanol–water partition coefficient (Wildman–Crippen LogP) is 2.00. The third kappa shape index (κ3) is 4.44. The molecule has 1 aromatic carbocycles. The van der Waals surface area contributed by atoms with Crippen molar-refractivity contribution in [3.63, 3.8) is 0 Å². The van der Waals surface area contributed by atoms with E-state index < -0.39 is 10.0 Å². The van der Waals surface area contributed by atoms with Crippen molar-refractivity contribution < 1.29 is 17.9 Å². The van der Waals surface area contributed by atoms with Crippen LogP contribution in [0.15, 0.2) is 23.1 Å². The summed E-state index contributed by atoms with van der Waals surface area (Å²) in [5.41, 5.74) is 0.480. The Kier molecular flexibility index (Phi) is 5.13. The molecule has 0 aromatic heterocycles. The first kappa shape index (κ1) is 18.7. The molecule has 1 aliphatic carbocycles. The first-order valence-electron chi connectivity index (χ1n) is 9.69. The number of amides is 1. The lowest BCUT2D eigenvalue weighted by Gasteiger charge is -2.28. The van der Waals surface area contributed by atoms with Crippen LogP contribution < -0.4 is 20.1 Å². The summed E-state index contributed by atoms with van der Waals surface area (Å²) in [5.74, 6) is 0.600. The molecule has 2 aliphatic heterocycles. The number of piperidine rings is 1. The Morgan fingerprint density at radius 2 is 1.89 bits per heavy atom. The molecule has 7 nitrogen and oxygen atoms in total. The highest BCUT2D eigenvalue weighted by Gasteiger charge is 2.34. The number of hydrogen-bond donors (Lipinski definition) is 3. The maximum atomic E-state index is 12.6. The van der Waals surface area contributed by atoms with Crippen molar-refractivity contribution in [2.75, 3.05) is 12.4 Å². The number of sulfonamides is 1. The highest BCUT2D eigenvalue weighted by molar-refractivity contribution is 7.89. The van der Waals surface area contributed by atoms with Gasteiger partial charge in [0.2, 0.25) is 15.9 Å². The molecule has 1 aromatic rings.